The molecule has 0 atom stereocenters. The third kappa shape index (κ3) is 4.14. The first-order valence-electron chi connectivity index (χ1n) is 11.9. The molecule has 0 bridgehead atoms. The van der Waals surface area contributed by atoms with Crippen LogP contribution in [0.25, 0.3) is 22.3 Å². The zero-order chi connectivity index (χ0) is 22.2. The molecule has 4 aromatic rings. The van der Waals surface area contributed by atoms with Crippen molar-refractivity contribution >= 4 is 0 Å². The molecule has 3 N–H and O–H groups in total. The zero-order valence-electron chi connectivity index (χ0n) is 20.4. The highest BCUT2D eigenvalue weighted by Gasteiger charge is 2.22. The fourth-order valence-electron chi connectivity index (χ4n) is 5.45. The summed E-state index contributed by atoms with van der Waals surface area (Å²) >= 11 is 0. The molecule has 0 unspecified atom stereocenters. The van der Waals surface area contributed by atoms with Gasteiger partial charge >= 0.3 is 0 Å². The zero-order valence-corrected chi connectivity index (χ0v) is 20.4. The van der Waals surface area contributed by atoms with Gasteiger partial charge in [-0.15, -0.1) is 0 Å². The molecule has 6 rings (SSSR count). The SMILES string of the molecule is CC(C)c1cccc2c1Cc1ccccc1-2.CC(C)c1cccc2c1Cc1ccccc1-2.N. The summed E-state index contributed by atoms with van der Waals surface area (Å²) in [4.78, 5) is 0. The van der Waals surface area contributed by atoms with Crippen LogP contribution in [0.5, 0.6) is 0 Å². The highest BCUT2D eigenvalue weighted by molar-refractivity contribution is 5.79. The fraction of sp³-hybridized carbons (Fsp3) is 0.250. The van der Waals surface area contributed by atoms with Crippen LogP contribution in [-0.2, 0) is 12.8 Å². The quantitative estimate of drug-likeness (QED) is 0.290. The molecule has 0 saturated heterocycles. The topological polar surface area (TPSA) is 35.0 Å². The van der Waals surface area contributed by atoms with Crippen LogP contribution in [0.15, 0.2) is 84.9 Å². The molecule has 0 amide bonds. The van der Waals surface area contributed by atoms with E-state index in [4.69, 9.17) is 0 Å². The van der Waals surface area contributed by atoms with Crippen LogP contribution in [0.2, 0.25) is 0 Å². The van der Waals surface area contributed by atoms with Crippen molar-refractivity contribution in [2.75, 3.05) is 0 Å². The average molecular weight is 434 g/mol. The Bertz CT molecular complexity index is 1180. The van der Waals surface area contributed by atoms with Gasteiger partial charge in [0.15, 0.2) is 0 Å². The van der Waals surface area contributed by atoms with Crippen molar-refractivity contribution in [1.29, 1.82) is 0 Å². The molecule has 1 heteroatoms. The van der Waals surface area contributed by atoms with Crippen molar-refractivity contribution in [3.8, 4) is 22.3 Å². The van der Waals surface area contributed by atoms with E-state index in [1.165, 1.54) is 44.5 Å². The number of fused-ring (bicyclic) bond motifs is 6. The molecule has 0 aromatic heterocycles. The molecule has 1 nitrogen and oxygen atoms in total. The van der Waals surface area contributed by atoms with Gasteiger partial charge in [-0.2, -0.15) is 0 Å². The maximum atomic E-state index is 2.28. The Kier molecular flexibility index (Phi) is 6.54. The fourth-order valence-corrected chi connectivity index (χ4v) is 5.45. The van der Waals surface area contributed by atoms with E-state index in [2.05, 4.69) is 113 Å². The predicted molar refractivity (Wildman–Crippen MR) is 143 cm³/mol. The Morgan fingerprint density at radius 3 is 1.21 bits per heavy atom. The van der Waals surface area contributed by atoms with Gasteiger partial charge in [0.05, 0.1) is 0 Å². The maximum Gasteiger partial charge on any atom is -0.00106 e. The van der Waals surface area contributed by atoms with E-state index in [0.717, 1.165) is 12.8 Å². The molecule has 0 aliphatic heterocycles. The van der Waals surface area contributed by atoms with Gasteiger partial charge in [0.1, 0.15) is 0 Å². The van der Waals surface area contributed by atoms with E-state index in [0.29, 0.717) is 11.8 Å². The second-order valence-corrected chi connectivity index (χ2v) is 9.72. The van der Waals surface area contributed by atoms with Crippen LogP contribution in [0, 0.1) is 0 Å². The molecule has 0 heterocycles. The lowest BCUT2D eigenvalue weighted by Crippen LogP contribution is -1.94. The lowest BCUT2D eigenvalue weighted by molar-refractivity contribution is 0.852. The second-order valence-electron chi connectivity index (χ2n) is 9.72. The minimum atomic E-state index is 0. The van der Waals surface area contributed by atoms with Crippen molar-refractivity contribution in [3.63, 3.8) is 0 Å². The second kappa shape index (κ2) is 9.37. The summed E-state index contributed by atoms with van der Waals surface area (Å²) in [7, 11) is 0. The summed E-state index contributed by atoms with van der Waals surface area (Å²) in [6, 6.07) is 31.0. The standard InChI is InChI=1S/2C16H16.H3N/c2*1-11(2)13-8-5-9-15-14-7-4-3-6-12(14)10-16(13)15;/h2*3-9,11H,10H2,1-2H3;1H3. The summed E-state index contributed by atoms with van der Waals surface area (Å²) in [5.41, 5.74) is 14.8. The van der Waals surface area contributed by atoms with Gasteiger partial charge in [-0.05, 0) is 80.3 Å². The third-order valence-corrected chi connectivity index (χ3v) is 7.02. The molecule has 168 valence electrons. The van der Waals surface area contributed by atoms with Gasteiger partial charge in [-0.3, -0.25) is 0 Å². The Morgan fingerprint density at radius 1 is 0.455 bits per heavy atom. The van der Waals surface area contributed by atoms with Crippen molar-refractivity contribution < 1.29 is 0 Å². The smallest absolute Gasteiger partial charge is 0.00106 e. The summed E-state index contributed by atoms with van der Waals surface area (Å²) in [5, 5.41) is 0. The van der Waals surface area contributed by atoms with Crippen LogP contribution in [0.4, 0.5) is 0 Å². The lowest BCUT2D eigenvalue weighted by Gasteiger charge is -2.11. The lowest BCUT2D eigenvalue weighted by atomic mass is 9.94. The molecule has 2 aliphatic rings. The van der Waals surface area contributed by atoms with E-state index >= 15 is 0 Å². The molecule has 0 radical (unpaired) electrons. The predicted octanol–water partition coefficient (Wildman–Crippen LogP) is 8.92. The number of benzene rings is 4. The Labute approximate surface area is 199 Å². The minimum absolute atomic E-state index is 0. The molecule has 33 heavy (non-hydrogen) atoms. The molecule has 0 fully saturated rings. The molecular weight excluding hydrogens is 398 g/mol. The van der Waals surface area contributed by atoms with E-state index in [1.54, 1.807) is 11.1 Å². The van der Waals surface area contributed by atoms with Crippen molar-refractivity contribution in [3.05, 3.63) is 118 Å². The summed E-state index contributed by atoms with van der Waals surface area (Å²) in [6.45, 7) is 9.11. The first kappa shape index (κ1) is 23.0. The van der Waals surface area contributed by atoms with Gasteiger partial charge in [-0.25, -0.2) is 0 Å². The summed E-state index contributed by atoms with van der Waals surface area (Å²) in [6.07, 6.45) is 2.22. The Balaban J connectivity index is 0.000000152. The van der Waals surface area contributed by atoms with Gasteiger partial charge < -0.3 is 6.15 Å². The van der Waals surface area contributed by atoms with Crippen LogP contribution in [0.1, 0.15) is 72.9 Å². The maximum absolute atomic E-state index is 2.28. The molecule has 0 spiro atoms. The number of rotatable bonds is 2. The van der Waals surface area contributed by atoms with E-state index in [9.17, 15) is 0 Å². The minimum Gasteiger partial charge on any atom is -0.344 e. The molecule has 0 saturated carbocycles. The van der Waals surface area contributed by atoms with E-state index < -0.39 is 0 Å². The number of hydrogen-bond acceptors (Lipinski definition) is 1. The summed E-state index contributed by atoms with van der Waals surface area (Å²) in [5.74, 6) is 1.23. The highest BCUT2D eigenvalue weighted by atomic mass is 14.3. The Morgan fingerprint density at radius 2 is 0.818 bits per heavy atom. The summed E-state index contributed by atoms with van der Waals surface area (Å²) < 4.78 is 0. The van der Waals surface area contributed by atoms with Crippen LogP contribution < -0.4 is 6.15 Å². The monoisotopic (exact) mass is 433 g/mol. The van der Waals surface area contributed by atoms with E-state index in [-0.39, 0.29) is 6.15 Å². The van der Waals surface area contributed by atoms with Gasteiger partial charge in [0.2, 0.25) is 0 Å². The van der Waals surface area contributed by atoms with Crippen molar-refractivity contribution in [2.24, 2.45) is 0 Å². The Hall–Kier alpha value is -3.16. The average Bonchev–Trinajstić information content (AvgIpc) is 3.37. The first-order chi connectivity index (χ1) is 15.5. The van der Waals surface area contributed by atoms with Crippen LogP contribution in [-0.4, -0.2) is 0 Å². The largest absolute Gasteiger partial charge is 0.344 e. The molecular formula is C32H35N. The van der Waals surface area contributed by atoms with Crippen molar-refractivity contribution in [1.82, 2.24) is 6.15 Å². The normalized spacial score (nSPS) is 12.3. The van der Waals surface area contributed by atoms with Gasteiger partial charge in [-0.1, -0.05) is 113 Å². The van der Waals surface area contributed by atoms with E-state index in [1.807, 2.05) is 0 Å². The first-order valence-corrected chi connectivity index (χ1v) is 11.9. The van der Waals surface area contributed by atoms with Crippen molar-refractivity contribution in [2.45, 2.75) is 52.4 Å². The molecule has 2 aliphatic carbocycles. The highest BCUT2D eigenvalue weighted by Crippen LogP contribution is 2.41. The van der Waals surface area contributed by atoms with Crippen LogP contribution >= 0.6 is 0 Å². The number of hydrogen-bond donors (Lipinski definition) is 1. The molecule has 4 aromatic carbocycles. The van der Waals surface area contributed by atoms with Gasteiger partial charge in [0, 0.05) is 0 Å². The van der Waals surface area contributed by atoms with Gasteiger partial charge in [0.25, 0.3) is 0 Å². The van der Waals surface area contributed by atoms with Crippen LogP contribution in [0.3, 0.4) is 0 Å². The third-order valence-electron chi connectivity index (χ3n) is 7.02.